The van der Waals surface area contributed by atoms with Crippen LogP contribution < -0.4 is 10.2 Å². The molecule has 0 saturated heterocycles. The lowest BCUT2D eigenvalue weighted by molar-refractivity contribution is -0.139. The van der Waals surface area contributed by atoms with E-state index in [1.165, 1.54) is 0 Å². The second kappa shape index (κ2) is 9.11. The van der Waals surface area contributed by atoms with E-state index >= 15 is 0 Å². The summed E-state index contributed by atoms with van der Waals surface area (Å²) in [6, 6.07) is 15.4. The summed E-state index contributed by atoms with van der Waals surface area (Å²) in [5.74, 6) is -2.56. The molecule has 3 aromatic rings. The van der Waals surface area contributed by atoms with E-state index in [0.717, 1.165) is 10.5 Å². The molecule has 1 aliphatic heterocycles. The van der Waals surface area contributed by atoms with Gasteiger partial charge in [-0.1, -0.05) is 48.0 Å². The number of hydrogen-bond donors (Lipinski definition) is 2. The third-order valence-electron chi connectivity index (χ3n) is 5.81. The van der Waals surface area contributed by atoms with Crippen molar-refractivity contribution in [3.63, 3.8) is 0 Å². The maximum absolute atomic E-state index is 12.9. The highest BCUT2D eigenvalue weighted by Crippen LogP contribution is 2.30. The minimum Gasteiger partial charge on any atom is -0.480 e. The Hall–Kier alpha value is -3.97. The third kappa shape index (κ3) is 4.18. The van der Waals surface area contributed by atoms with Gasteiger partial charge in [-0.05, 0) is 54.8 Å². The molecule has 1 heterocycles. The van der Waals surface area contributed by atoms with Gasteiger partial charge in [-0.3, -0.25) is 14.4 Å². The Balaban J connectivity index is 1.52. The number of aryl methyl sites for hydroxylation is 2. The second-order valence-corrected chi connectivity index (χ2v) is 8.52. The Kier molecular flexibility index (Phi) is 6.22. The quantitative estimate of drug-likeness (QED) is 0.519. The van der Waals surface area contributed by atoms with Crippen molar-refractivity contribution in [3.05, 3.63) is 99.1 Å². The number of carbonyl (C=O) groups is 4. The molecule has 7 nitrogen and oxygen atoms in total. The second-order valence-electron chi connectivity index (χ2n) is 8.11. The molecule has 0 aliphatic carbocycles. The maximum Gasteiger partial charge on any atom is 0.326 e. The number of imide groups is 1. The lowest BCUT2D eigenvalue weighted by Crippen LogP contribution is -2.42. The van der Waals surface area contributed by atoms with E-state index in [4.69, 9.17) is 11.6 Å². The minimum absolute atomic E-state index is 0.00603. The smallest absolute Gasteiger partial charge is 0.326 e. The van der Waals surface area contributed by atoms with E-state index < -0.39 is 29.7 Å². The fourth-order valence-electron chi connectivity index (χ4n) is 4.06. The molecule has 1 unspecified atom stereocenters. The van der Waals surface area contributed by atoms with E-state index in [9.17, 15) is 24.3 Å². The summed E-state index contributed by atoms with van der Waals surface area (Å²) in [4.78, 5) is 51.3. The first-order valence-corrected chi connectivity index (χ1v) is 10.9. The average molecular weight is 477 g/mol. The number of fused-ring (bicyclic) bond motifs is 1. The van der Waals surface area contributed by atoms with Crippen molar-refractivity contribution in [2.75, 3.05) is 4.90 Å². The highest BCUT2D eigenvalue weighted by Gasteiger charge is 2.37. The lowest BCUT2D eigenvalue weighted by Gasteiger charge is -2.18. The molecule has 0 radical (unpaired) electrons. The van der Waals surface area contributed by atoms with E-state index in [-0.39, 0.29) is 17.0 Å². The number of carbonyl (C=O) groups excluding carboxylic acids is 3. The number of nitrogens with one attached hydrogen (secondary N) is 1. The molecule has 0 bridgehead atoms. The topological polar surface area (TPSA) is 104 Å². The number of nitrogens with zero attached hydrogens (tertiary/aromatic N) is 1. The molecule has 2 N–H and O–H groups in total. The van der Waals surface area contributed by atoms with Gasteiger partial charge in [-0.25, -0.2) is 9.69 Å². The van der Waals surface area contributed by atoms with Crippen LogP contribution in [-0.4, -0.2) is 34.8 Å². The zero-order valence-corrected chi connectivity index (χ0v) is 19.2. The van der Waals surface area contributed by atoms with Crippen molar-refractivity contribution in [1.29, 1.82) is 0 Å². The molecule has 4 rings (SSSR count). The molecule has 3 aromatic carbocycles. The van der Waals surface area contributed by atoms with Crippen molar-refractivity contribution >= 4 is 41.0 Å². The van der Waals surface area contributed by atoms with Gasteiger partial charge < -0.3 is 10.4 Å². The molecular formula is C26H21ClN2O5. The molecule has 172 valence electrons. The Morgan fingerprint density at radius 3 is 2.21 bits per heavy atom. The van der Waals surface area contributed by atoms with Crippen LogP contribution in [0.2, 0.25) is 5.02 Å². The molecule has 0 fully saturated rings. The number of aliphatic carboxylic acids is 1. The van der Waals surface area contributed by atoms with Gasteiger partial charge in [0.2, 0.25) is 0 Å². The van der Waals surface area contributed by atoms with Gasteiger partial charge in [0.1, 0.15) is 6.04 Å². The van der Waals surface area contributed by atoms with Crippen molar-refractivity contribution in [3.8, 4) is 0 Å². The molecule has 3 amide bonds. The van der Waals surface area contributed by atoms with Crippen LogP contribution in [0, 0.1) is 13.8 Å². The zero-order chi connectivity index (χ0) is 24.6. The fourth-order valence-corrected chi connectivity index (χ4v) is 4.36. The number of benzene rings is 3. The van der Waals surface area contributed by atoms with Gasteiger partial charge in [-0.15, -0.1) is 0 Å². The lowest BCUT2D eigenvalue weighted by atomic mass is 10.0. The summed E-state index contributed by atoms with van der Waals surface area (Å²) in [7, 11) is 0. The van der Waals surface area contributed by atoms with Crippen LogP contribution in [0.25, 0.3) is 0 Å². The molecule has 0 spiro atoms. The summed E-state index contributed by atoms with van der Waals surface area (Å²) in [6.45, 7) is 3.50. The number of rotatable bonds is 6. The molecular weight excluding hydrogens is 456 g/mol. The van der Waals surface area contributed by atoms with Gasteiger partial charge in [0, 0.05) is 6.42 Å². The predicted molar refractivity (Wildman–Crippen MR) is 128 cm³/mol. The Labute approximate surface area is 201 Å². The molecule has 1 atom stereocenters. The van der Waals surface area contributed by atoms with Gasteiger partial charge in [0.25, 0.3) is 17.7 Å². The van der Waals surface area contributed by atoms with E-state index in [1.807, 2.05) is 0 Å². The summed E-state index contributed by atoms with van der Waals surface area (Å²) in [5.41, 5.74) is 3.33. The molecule has 0 aromatic heterocycles. The molecule has 1 aliphatic rings. The van der Waals surface area contributed by atoms with Crippen LogP contribution in [0.4, 0.5) is 5.69 Å². The van der Waals surface area contributed by atoms with Crippen LogP contribution in [0.3, 0.4) is 0 Å². The van der Waals surface area contributed by atoms with Crippen LogP contribution in [-0.2, 0) is 11.2 Å². The standard InChI is InChI=1S/C26H21ClN2O5/c1-14-5-3-7-18-21(14)25(32)29(24(18)31)17-11-9-16(10-12-17)13-20(26(33)34)28-23(30)22-15(2)6-4-8-19(22)27/h3-12,20H,13H2,1-2H3,(H,28,30)(H,33,34). The first-order valence-electron chi connectivity index (χ1n) is 10.5. The first-order chi connectivity index (χ1) is 16.2. The Bertz CT molecular complexity index is 1310. The number of hydrogen-bond acceptors (Lipinski definition) is 4. The zero-order valence-electron chi connectivity index (χ0n) is 18.5. The van der Waals surface area contributed by atoms with Crippen LogP contribution in [0.5, 0.6) is 0 Å². The normalized spacial score (nSPS) is 13.6. The van der Waals surface area contributed by atoms with Gasteiger partial charge in [0.15, 0.2) is 0 Å². The maximum atomic E-state index is 12.9. The van der Waals surface area contributed by atoms with E-state index in [2.05, 4.69) is 5.32 Å². The van der Waals surface area contributed by atoms with Crippen LogP contribution in [0.15, 0.2) is 60.7 Å². The van der Waals surface area contributed by atoms with Crippen LogP contribution >= 0.6 is 11.6 Å². The van der Waals surface area contributed by atoms with E-state index in [1.54, 1.807) is 74.5 Å². The van der Waals surface area contributed by atoms with Crippen molar-refractivity contribution < 1.29 is 24.3 Å². The summed E-state index contributed by atoms with van der Waals surface area (Å²) >= 11 is 6.13. The summed E-state index contributed by atoms with van der Waals surface area (Å²) < 4.78 is 0. The summed E-state index contributed by atoms with van der Waals surface area (Å²) in [6.07, 6.45) is 0.00603. The largest absolute Gasteiger partial charge is 0.480 e. The molecule has 8 heteroatoms. The third-order valence-corrected chi connectivity index (χ3v) is 6.13. The van der Waals surface area contributed by atoms with Gasteiger partial charge in [-0.2, -0.15) is 0 Å². The number of carboxylic acids is 1. The Morgan fingerprint density at radius 2 is 1.59 bits per heavy atom. The van der Waals surface area contributed by atoms with Crippen molar-refractivity contribution in [2.45, 2.75) is 26.3 Å². The van der Waals surface area contributed by atoms with Gasteiger partial charge in [0.05, 0.1) is 27.4 Å². The van der Waals surface area contributed by atoms with Crippen LogP contribution in [0.1, 0.15) is 47.8 Å². The monoisotopic (exact) mass is 476 g/mol. The SMILES string of the molecule is Cc1cccc(Cl)c1C(=O)NC(Cc1ccc(N2C(=O)c3cccc(C)c3C2=O)cc1)C(=O)O. The van der Waals surface area contributed by atoms with Crippen molar-refractivity contribution in [2.24, 2.45) is 0 Å². The predicted octanol–water partition coefficient (Wildman–Crippen LogP) is 4.18. The number of amides is 3. The number of halogens is 1. The number of carboxylic acid groups (broad SMARTS) is 1. The molecule has 0 saturated carbocycles. The highest BCUT2D eigenvalue weighted by atomic mass is 35.5. The Morgan fingerprint density at radius 1 is 0.941 bits per heavy atom. The molecule has 34 heavy (non-hydrogen) atoms. The minimum atomic E-state index is -1.20. The average Bonchev–Trinajstić information content (AvgIpc) is 3.05. The first kappa shape index (κ1) is 23.2. The number of anilines is 1. The summed E-state index contributed by atoms with van der Waals surface area (Å²) in [5, 5.41) is 12.4. The highest BCUT2D eigenvalue weighted by molar-refractivity contribution is 6.35. The van der Waals surface area contributed by atoms with E-state index in [0.29, 0.717) is 27.9 Å². The fraction of sp³-hybridized carbons (Fsp3) is 0.154. The van der Waals surface area contributed by atoms with Crippen molar-refractivity contribution in [1.82, 2.24) is 5.32 Å². The van der Waals surface area contributed by atoms with Gasteiger partial charge >= 0.3 is 5.97 Å².